The largest absolute Gasteiger partial charge is 0.324 e. The second kappa shape index (κ2) is 4.33. The predicted molar refractivity (Wildman–Crippen MR) is 66.2 cm³/mol. The molecule has 0 unspecified atom stereocenters. The average molecular weight is 228 g/mol. The van der Waals surface area contributed by atoms with Crippen LogP contribution in [0.15, 0.2) is 24.3 Å². The third-order valence-electron chi connectivity index (χ3n) is 2.39. The van der Waals surface area contributed by atoms with Crippen LogP contribution in [0.4, 0.5) is 5.69 Å². The minimum absolute atomic E-state index is 0.157. The molecule has 0 aliphatic rings. The molecule has 2 rings (SSSR count). The highest BCUT2D eigenvalue weighted by molar-refractivity contribution is 6.00. The van der Waals surface area contributed by atoms with Gasteiger partial charge in [0.2, 0.25) is 5.91 Å². The number of aromatic nitrogens is 1. The first-order valence-corrected chi connectivity index (χ1v) is 5.24. The Kier molecular flexibility index (Phi) is 2.87. The highest BCUT2D eigenvalue weighted by atomic mass is 16.1. The fourth-order valence-electron chi connectivity index (χ4n) is 1.75. The van der Waals surface area contributed by atoms with Crippen molar-refractivity contribution >= 4 is 28.8 Å². The molecule has 0 saturated carbocycles. The maximum Gasteiger partial charge on any atom is 0.221 e. The Morgan fingerprint density at radius 3 is 2.76 bits per heavy atom. The molecule has 1 heterocycles. The Morgan fingerprint density at radius 1 is 1.35 bits per heavy atom. The molecule has 4 heteroatoms. The summed E-state index contributed by atoms with van der Waals surface area (Å²) in [5.41, 5.74) is 2.65. The van der Waals surface area contributed by atoms with Gasteiger partial charge in [-0.25, -0.2) is 4.98 Å². The molecule has 0 aliphatic carbocycles. The number of hydrogen-bond donors (Lipinski definition) is 1. The molecule has 17 heavy (non-hydrogen) atoms. The molecule has 1 aromatic carbocycles. The van der Waals surface area contributed by atoms with E-state index in [-0.39, 0.29) is 5.91 Å². The number of nitrogens with zero attached hydrogens (tertiary/aromatic N) is 1. The van der Waals surface area contributed by atoms with Gasteiger partial charge in [0.05, 0.1) is 11.2 Å². The van der Waals surface area contributed by atoms with Gasteiger partial charge in [-0.05, 0) is 30.7 Å². The number of aldehydes is 1. The van der Waals surface area contributed by atoms with Gasteiger partial charge in [0.25, 0.3) is 0 Å². The van der Waals surface area contributed by atoms with Crippen molar-refractivity contribution in [3.63, 3.8) is 0 Å². The molecule has 0 spiro atoms. The average Bonchev–Trinajstić information content (AvgIpc) is 2.27. The van der Waals surface area contributed by atoms with Crippen LogP contribution in [0.3, 0.4) is 0 Å². The minimum atomic E-state index is -0.157. The summed E-state index contributed by atoms with van der Waals surface area (Å²) in [5.74, 6) is -0.157. The van der Waals surface area contributed by atoms with Crippen LogP contribution in [-0.2, 0) is 4.79 Å². The fourth-order valence-corrected chi connectivity index (χ4v) is 1.75. The Balaban J connectivity index is 2.69. The summed E-state index contributed by atoms with van der Waals surface area (Å²) in [5, 5.41) is 3.62. The number of amides is 1. The highest BCUT2D eigenvalue weighted by Gasteiger charge is 2.06. The second-order valence-electron chi connectivity index (χ2n) is 3.92. The van der Waals surface area contributed by atoms with Gasteiger partial charge in [-0.1, -0.05) is 6.07 Å². The van der Waals surface area contributed by atoms with Crippen molar-refractivity contribution in [1.29, 1.82) is 0 Å². The number of rotatable bonds is 2. The molecule has 0 saturated heterocycles. The van der Waals surface area contributed by atoms with Gasteiger partial charge in [-0.2, -0.15) is 0 Å². The monoisotopic (exact) mass is 228 g/mol. The van der Waals surface area contributed by atoms with E-state index in [1.807, 2.05) is 25.1 Å². The Bertz CT molecular complexity index is 606. The summed E-state index contributed by atoms with van der Waals surface area (Å²) in [6.45, 7) is 3.39. The van der Waals surface area contributed by atoms with Crippen LogP contribution in [0.2, 0.25) is 0 Å². The zero-order chi connectivity index (χ0) is 12.4. The molecule has 2 aromatic rings. The number of anilines is 1. The Morgan fingerprint density at radius 2 is 2.12 bits per heavy atom. The summed E-state index contributed by atoms with van der Waals surface area (Å²) >= 11 is 0. The quantitative estimate of drug-likeness (QED) is 0.802. The number of carbonyl (C=O) groups is 2. The Hall–Kier alpha value is -2.23. The number of carbonyl (C=O) groups excluding carboxylic acids is 2. The van der Waals surface area contributed by atoms with Crippen molar-refractivity contribution in [3.8, 4) is 0 Å². The van der Waals surface area contributed by atoms with Gasteiger partial charge >= 0.3 is 0 Å². The van der Waals surface area contributed by atoms with Gasteiger partial charge in [0.1, 0.15) is 5.69 Å². The van der Waals surface area contributed by atoms with Crippen molar-refractivity contribution in [2.75, 3.05) is 5.32 Å². The Labute approximate surface area is 98.7 Å². The number of aryl methyl sites for hydroxylation is 1. The number of pyridine rings is 1. The molecule has 1 aromatic heterocycles. The predicted octanol–water partition coefficient (Wildman–Crippen LogP) is 2.31. The highest BCUT2D eigenvalue weighted by Crippen LogP contribution is 2.23. The zero-order valence-electron chi connectivity index (χ0n) is 9.65. The molecule has 0 aliphatic heterocycles. The van der Waals surface area contributed by atoms with E-state index in [0.29, 0.717) is 23.2 Å². The van der Waals surface area contributed by atoms with Crippen LogP contribution in [0.5, 0.6) is 0 Å². The SMILES string of the molecule is CC(=O)Nc1cc(C)cc2ccc(C=O)nc12. The lowest BCUT2D eigenvalue weighted by Gasteiger charge is -2.08. The summed E-state index contributed by atoms with van der Waals surface area (Å²) in [4.78, 5) is 26.0. The zero-order valence-corrected chi connectivity index (χ0v) is 9.65. The molecule has 1 amide bonds. The van der Waals surface area contributed by atoms with Gasteiger partial charge in [0, 0.05) is 12.3 Å². The summed E-state index contributed by atoms with van der Waals surface area (Å²) < 4.78 is 0. The fraction of sp³-hybridized carbons (Fsp3) is 0.154. The lowest BCUT2D eigenvalue weighted by Crippen LogP contribution is -2.07. The number of hydrogen-bond acceptors (Lipinski definition) is 3. The van der Waals surface area contributed by atoms with Crippen molar-refractivity contribution in [3.05, 3.63) is 35.5 Å². The van der Waals surface area contributed by atoms with Crippen LogP contribution in [-0.4, -0.2) is 17.2 Å². The number of nitrogens with one attached hydrogen (secondary N) is 1. The topological polar surface area (TPSA) is 59.1 Å². The van der Waals surface area contributed by atoms with Crippen LogP contribution in [0.25, 0.3) is 10.9 Å². The van der Waals surface area contributed by atoms with E-state index in [2.05, 4.69) is 10.3 Å². The van der Waals surface area contributed by atoms with E-state index < -0.39 is 0 Å². The first-order chi connectivity index (χ1) is 8.10. The second-order valence-corrected chi connectivity index (χ2v) is 3.92. The van der Waals surface area contributed by atoms with Crippen molar-refractivity contribution in [2.45, 2.75) is 13.8 Å². The summed E-state index contributed by atoms with van der Waals surface area (Å²) in [6, 6.07) is 7.28. The van der Waals surface area contributed by atoms with E-state index in [1.165, 1.54) is 6.92 Å². The van der Waals surface area contributed by atoms with Gasteiger partial charge in [-0.3, -0.25) is 9.59 Å². The molecule has 1 N–H and O–H groups in total. The minimum Gasteiger partial charge on any atom is -0.324 e. The normalized spacial score (nSPS) is 10.2. The molecule has 0 fully saturated rings. The number of fused-ring (bicyclic) bond motifs is 1. The lowest BCUT2D eigenvalue weighted by atomic mass is 10.1. The molecular weight excluding hydrogens is 216 g/mol. The smallest absolute Gasteiger partial charge is 0.221 e. The lowest BCUT2D eigenvalue weighted by molar-refractivity contribution is -0.114. The van der Waals surface area contributed by atoms with E-state index in [1.54, 1.807) is 6.07 Å². The maximum atomic E-state index is 11.1. The van der Waals surface area contributed by atoms with Crippen molar-refractivity contribution in [1.82, 2.24) is 4.98 Å². The van der Waals surface area contributed by atoms with E-state index in [4.69, 9.17) is 0 Å². The maximum absolute atomic E-state index is 11.1. The van der Waals surface area contributed by atoms with E-state index >= 15 is 0 Å². The molecule has 0 bridgehead atoms. The third-order valence-corrected chi connectivity index (χ3v) is 2.39. The first-order valence-electron chi connectivity index (χ1n) is 5.24. The van der Waals surface area contributed by atoms with E-state index in [9.17, 15) is 9.59 Å². The summed E-state index contributed by atoms with van der Waals surface area (Å²) in [7, 11) is 0. The van der Waals surface area contributed by atoms with Crippen LogP contribution in [0, 0.1) is 6.92 Å². The summed E-state index contributed by atoms with van der Waals surface area (Å²) in [6.07, 6.45) is 0.691. The standard InChI is InChI=1S/C13H12N2O2/c1-8-5-10-3-4-11(7-16)15-13(10)12(6-8)14-9(2)17/h3-7H,1-2H3,(H,14,17). The van der Waals surface area contributed by atoms with Gasteiger partial charge < -0.3 is 5.32 Å². The first kappa shape index (κ1) is 11.3. The third kappa shape index (κ3) is 2.30. The van der Waals surface area contributed by atoms with Crippen molar-refractivity contribution < 1.29 is 9.59 Å². The van der Waals surface area contributed by atoms with Gasteiger partial charge in [-0.15, -0.1) is 0 Å². The number of benzene rings is 1. The molecule has 4 nitrogen and oxygen atoms in total. The molecular formula is C13H12N2O2. The van der Waals surface area contributed by atoms with Crippen LogP contribution >= 0.6 is 0 Å². The van der Waals surface area contributed by atoms with E-state index in [0.717, 1.165) is 10.9 Å². The van der Waals surface area contributed by atoms with Crippen LogP contribution < -0.4 is 5.32 Å². The van der Waals surface area contributed by atoms with Crippen molar-refractivity contribution in [2.24, 2.45) is 0 Å². The molecule has 0 atom stereocenters. The van der Waals surface area contributed by atoms with Crippen LogP contribution in [0.1, 0.15) is 23.0 Å². The molecule has 0 radical (unpaired) electrons. The molecule has 86 valence electrons. The van der Waals surface area contributed by atoms with Gasteiger partial charge in [0.15, 0.2) is 6.29 Å².